The molecule has 1 aliphatic rings. The third kappa shape index (κ3) is 4.66. The van der Waals surface area contributed by atoms with E-state index in [0.29, 0.717) is 28.0 Å². The molecule has 3 aromatic carbocycles. The van der Waals surface area contributed by atoms with E-state index in [-0.39, 0.29) is 12.3 Å². The van der Waals surface area contributed by atoms with E-state index in [2.05, 4.69) is 0 Å². The van der Waals surface area contributed by atoms with E-state index in [0.717, 1.165) is 30.5 Å². The average Bonchev–Trinajstić information content (AvgIpc) is 3.26. The number of nitrogens with two attached hydrogens (primary N) is 1. The highest BCUT2D eigenvalue weighted by Gasteiger charge is 2.35. The molecule has 2 N–H and O–H groups in total. The van der Waals surface area contributed by atoms with Gasteiger partial charge in [0.05, 0.1) is 26.2 Å². The number of esters is 1. The van der Waals surface area contributed by atoms with Gasteiger partial charge in [0.15, 0.2) is 0 Å². The number of benzene rings is 3. The predicted molar refractivity (Wildman–Crippen MR) is 124 cm³/mol. The van der Waals surface area contributed by atoms with Crippen LogP contribution in [0.15, 0.2) is 60.7 Å². The zero-order valence-corrected chi connectivity index (χ0v) is 19.0. The molecule has 0 aromatic heterocycles. The Labute approximate surface area is 196 Å². The highest BCUT2D eigenvalue weighted by molar-refractivity contribution is 5.78. The van der Waals surface area contributed by atoms with Crippen molar-refractivity contribution in [2.45, 2.75) is 37.4 Å². The van der Waals surface area contributed by atoms with Gasteiger partial charge in [-0.2, -0.15) is 13.2 Å². The Balaban J connectivity index is 1.86. The maximum atomic E-state index is 13.7. The van der Waals surface area contributed by atoms with Crippen LogP contribution >= 0.6 is 0 Å². The third-order valence-electron chi connectivity index (χ3n) is 6.48. The maximum absolute atomic E-state index is 13.7. The van der Waals surface area contributed by atoms with Crippen LogP contribution in [0, 0.1) is 0 Å². The first-order chi connectivity index (χ1) is 16.2. The summed E-state index contributed by atoms with van der Waals surface area (Å²) in [6.07, 6.45) is -2.88. The molecule has 34 heavy (non-hydrogen) atoms. The molecule has 0 saturated carbocycles. The van der Waals surface area contributed by atoms with Crippen molar-refractivity contribution < 1.29 is 27.4 Å². The quantitative estimate of drug-likeness (QED) is 0.462. The van der Waals surface area contributed by atoms with Crippen LogP contribution in [0.3, 0.4) is 0 Å². The van der Waals surface area contributed by atoms with Crippen LogP contribution in [0.25, 0.3) is 11.1 Å². The van der Waals surface area contributed by atoms with E-state index >= 15 is 0 Å². The second-order valence-corrected chi connectivity index (χ2v) is 8.46. The third-order valence-corrected chi connectivity index (χ3v) is 6.48. The van der Waals surface area contributed by atoms with Crippen molar-refractivity contribution in [3.8, 4) is 16.9 Å². The molecule has 0 saturated heterocycles. The summed E-state index contributed by atoms with van der Waals surface area (Å²) in [5.41, 5.74) is 10.4. The Morgan fingerprint density at radius 1 is 1.06 bits per heavy atom. The first kappa shape index (κ1) is 23.8. The molecule has 0 bridgehead atoms. The van der Waals surface area contributed by atoms with E-state index in [9.17, 15) is 18.0 Å². The zero-order chi connectivity index (χ0) is 24.5. The smallest absolute Gasteiger partial charge is 0.416 e. The van der Waals surface area contributed by atoms with Crippen molar-refractivity contribution in [1.82, 2.24) is 0 Å². The van der Waals surface area contributed by atoms with Crippen LogP contribution in [0.2, 0.25) is 0 Å². The second kappa shape index (κ2) is 9.50. The molecule has 0 amide bonds. The number of hydrogen-bond acceptors (Lipinski definition) is 4. The Hall–Kier alpha value is -3.32. The van der Waals surface area contributed by atoms with Gasteiger partial charge in [0.1, 0.15) is 5.75 Å². The molecular formula is C27H26F3NO3. The number of halogens is 3. The molecule has 4 nitrogen and oxygen atoms in total. The molecule has 7 heteroatoms. The van der Waals surface area contributed by atoms with Crippen molar-refractivity contribution in [2.24, 2.45) is 5.73 Å². The lowest BCUT2D eigenvalue weighted by atomic mass is 9.83. The van der Waals surface area contributed by atoms with Gasteiger partial charge in [0, 0.05) is 17.5 Å². The second-order valence-electron chi connectivity index (χ2n) is 8.46. The summed E-state index contributed by atoms with van der Waals surface area (Å²) in [5, 5.41) is 0. The Morgan fingerprint density at radius 2 is 1.82 bits per heavy atom. The van der Waals surface area contributed by atoms with Crippen molar-refractivity contribution >= 4 is 5.97 Å². The molecule has 178 valence electrons. The lowest BCUT2D eigenvalue weighted by Gasteiger charge is -2.25. The topological polar surface area (TPSA) is 61.5 Å². The minimum atomic E-state index is -4.50. The molecular weight excluding hydrogens is 443 g/mol. The average molecular weight is 470 g/mol. The van der Waals surface area contributed by atoms with Crippen LogP contribution < -0.4 is 10.5 Å². The largest absolute Gasteiger partial charge is 0.496 e. The van der Waals surface area contributed by atoms with Crippen LogP contribution in [-0.2, 0) is 28.5 Å². The van der Waals surface area contributed by atoms with Crippen molar-refractivity contribution in [3.63, 3.8) is 0 Å². The molecule has 2 atom stereocenters. The number of methoxy groups -OCH3 is 2. The first-order valence-electron chi connectivity index (χ1n) is 11.0. The van der Waals surface area contributed by atoms with Crippen LogP contribution in [0.5, 0.6) is 5.75 Å². The summed E-state index contributed by atoms with van der Waals surface area (Å²) in [6, 6.07) is 16.1. The summed E-state index contributed by atoms with van der Waals surface area (Å²) in [5.74, 6) is -0.0423. The van der Waals surface area contributed by atoms with Gasteiger partial charge in [0.25, 0.3) is 0 Å². The predicted octanol–water partition coefficient (Wildman–Crippen LogP) is 5.83. The molecule has 3 aromatic rings. The molecule has 4 rings (SSSR count). The molecule has 0 fully saturated rings. The lowest BCUT2D eigenvalue weighted by Crippen LogP contribution is -2.20. The summed E-state index contributed by atoms with van der Waals surface area (Å²) in [6.45, 7) is 0. The van der Waals surface area contributed by atoms with E-state index in [4.69, 9.17) is 15.2 Å². The van der Waals surface area contributed by atoms with Crippen molar-refractivity contribution in [1.29, 1.82) is 0 Å². The lowest BCUT2D eigenvalue weighted by molar-refractivity contribution is -0.140. The Morgan fingerprint density at radius 3 is 2.53 bits per heavy atom. The highest BCUT2D eigenvalue weighted by Crippen LogP contribution is 2.45. The fourth-order valence-electron chi connectivity index (χ4n) is 4.75. The molecule has 1 aliphatic carbocycles. The van der Waals surface area contributed by atoms with E-state index < -0.39 is 23.8 Å². The first-order valence-corrected chi connectivity index (χ1v) is 11.0. The molecule has 0 spiro atoms. The summed E-state index contributed by atoms with van der Waals surface area (Å²) < 4.78 is 51.2. The number of carbonyl (C=O) groups is 1. The highest BCUT2D eigenvalue weighted by atomic mass is 19.4. The number of ether oxygens (including phenoxy) is 2. The fraction of sp³-hybridized carbons (Fsp3) is 0.296. The van der Waals surface area contributed by atoms with E-state index in [1.165, 1.54) is 25.8 Å². The molecule has 0 aliphatic heterocycles. The van der Waals surface area contributed by atoms with Gasteiger partial charge in [-0.1, -0.05) is 36.4 Å². The molecule has 0 radical (unpaired) electrons. The maximum Gasteiger partial charge on any atom is 0.416 e. The standard InChI is InChI=1S/C27H26F3NO3/c1-33-24-12-7-16(14-25(32)34-2)13-22(24)20-11-9-18(27(28,29)30)15-23(20)26(31)21-10-8-17-5-3-4-6-19(17)21/h3-7,9,11-13,15,21,26H,8,10,14,31H2,1-2H3/t21-,26?/m0/s1. The number of rotatable bonds is 6. The van der Waals surface area contributed by atoms with Crippen LogP contribution in [0.1, 0.15) is 46.2 Å². The zero-order valence-electron chi connectivity index (χ0n) is 19.0. The molecule has 0 heterocycles. The van der Waals surface area contributed by atoms with Crippen LogP contribution in [0.4, 0.5) is 13.2 Å². The van der Waals surface area contributed by atoms with Crippen LogP contribution in [-0.4, -0.2) is 20.2 Å². The van der Waals surface area contributed by atoms with Crippen molar-refractivity contribution in [3.05, 3.63) is 88.5 Å². The van der Waals surface area contributed by atoms with Gasteiger partial charge in [-0.15, -0.1) is 0 Å². The minimum Gasteiger partial charge on any atom is -0.496 e. The summed E-state index contributed by atoms with van der Waals surface area (Å²) in [7, 11) is 2.80. The number of carbonyl (C=O) groups excluding carboxylic acids is 1. The Bertz CT molecular complexity index is 1210. The van der Waals surface area contributed by atoms with E-state index in [1.54, 1.807) is 18.2 Å². The van der Waals surface area contributed by atoms with Gasteiger partial charge < -0.3 is 15.2 Å². The van der Waals surface area contributed by atoms with Gasteiger partial charge in [-0.3, -0.25) is 4.79 Å². The van der Waals surface area contributed by atoms with Gasteiger partial charge in [-0.25, -0.2) is 0 Å². The monoisotopic (exact) mass is 469 g/mol. The Kier molecular flexibility index (Phi) is 6.66. The number of fused-ring (bicyclic) bond motifs is 1. The summed E-state index contributed by atoms with van der Waals surface area (Å²) in [4.78, 5) is 11.8. The van der Waals surface area contributed by atoms with Gasteiger partial charge >= 0.3 is 12.1 Å². The molecule has 1 unspecified atom stereocenters. The fourth-order valence-corrected chi connectivity index (χ4v) is 4.75. The van der Waals surface area contributed by atoms with Gasteiger partial charge in [0.2, 0.25) is 0 Å². The van der Waals surface area contributed by atoms with Gasteiger partial charge in [-0.05, 0) is 64.9 Å². The normalized spacial score (nSPS) is 16.1. The summed E-state index contributed by atoms with van der Waals surface area (Å²) >= 11 is 0. The van der Waals surface area contributed by atoms with E-state index in [1.807, 2.05) is 24.3 Å². The number of hydrogen-bond donors (Lipinski definition) is 1. The minimum absolute atomic E-state index is 0.0333. The number of alkyl halides is 3. The number of aryl methyl sites for hydroxylation is 1. The SMILES string of the molecule is COC(=O)Cc1ccc(OC)c(-c2ccc(C(F)(F)F)cc2C(N)[C@H]2CCc3ccccc32)c1. The van der Waals surface area contributed by atoms with Crippen molar-refractivity contribution in [2.75, 3.05) is 14.2 Å².